The van der Waals surface area contributed by atoms with Crippen molar-refractivity contribution in [2.75, 3.05) is 0 Å². The van der Waals surface area contributed by atoms with Crippen molar-refractivity contribution in [1.82, 2.24) is 10.0 Å². The molecule has 0 unspecified atom stereocenters. The molecule has 1 saturated heterocycles. The van der Waals surface area contributed by atoms with Crippen LogP contribution in [0.4, 0.5) is 5.69 Å². The molecule has 5 rings (SSSR count). The molecule has 0 N–H and O–H groups in total. The topological polar surface area (TPSA) is 101 Å². The summed E-state index contributed by atoms with van der Waals surface area (Å²) in [6.45, 7) is -0.357. The summed E-state index contributed by atoms with van der Waals surface area (Å²) in [6, 6.07) is 10.3. The monoisotopic (exact) mass is 487 g/mol. The summed E-state index contributed by atoms with van der Waals surface area (Å²) in [4.78, 5) is 51.5. The number of hydrogen-bond acceptors (Lipinski definition) is 5. The van der Waals surface area contributed by atoms with Gasteiger partial charge in [0.1, 0.15) is 0 Å². The van der Waals surface area contributed by atoms with Crippen LogP contribution in [-0.4, -0.2) is 32.7 Å². The summed E-state index contributed by atoms with van der Waals surface area (Å²) >= 11 is 12.2. The van der Waals surface area contributed by atoms with Gasteiger partial charge in [0.05, 0.1) is 39.5 Å². The minimum Gasteiger partial charge on any atom is -0.272 e. The van der Waals surface area contributed by atoms with Crippen LogP contribution in [0.15, 0.2) is 42.5 Å². The van der Waals surface area contributed by atoms with Crippen LogP contribution >= 0.6 is 23.2 Å². The highest BCUT2D eigenvalue weighted by molar-refractivity contribution is 6.34. The summed E-state index contributed by atoms with van der Waals surface area (Å²) in [7, 11) is 0. The number of fused-ring (bicyclic) bond motifs is 5. The highest BCUT2D eigenvalue weighted by Gasteiger charge is 2.62. The van der Waals surface area contributed by atoms with E-state index in [0.717, 1.165) is 29.3 Å². The summed E-state index contributed by atoms with van der Waals surface area (Å²) in [5.41, 5.74) is -0.0688. The average molecular weight is 488 g/mol. The first kappa shape index (κ1) is 21.9. The Morgan fingerprint density at radius 3 is 2.30 bits per heavy atom. The molecule has 3 amide bonds. The molecular formula is C23H19Cl2N3O5. The smallest absolute Gasteiger partial charge is 0.272 e. The van der Waals surface area contributed by atoms with E-state index < -0.39 is 34.5 Å². The van der Waals surface area contributed by atoms with Crippen LogP contribution in [0.1, 0.15) is 35.2 Å². The van der Waals surface area contributed by atoms with Crippen molar-refractivity contribution in [1.29, 1.82) is 0 Å². The van der Waals surface area contributed by atoms with Crippen LogP contribution in [-0.2, 0) is 16.1 Å². The van der Waals surface area contributed by atoms with Gasteiger partial charge in [0, 0.05) is 11.1 Å². The normalized spacial score (nSPS) is 25.5. The van der Waals surface area contributed by atoms with Gasteiger partial charge in [-0.3, -0.25) is 24.5 Å². The lowest BCUT2D eigenvalue weighted by Gasteiger charge is -2.31. The molecule has 4 atom stereocenters. The van der Waals surface area contributed by atoms with Crippen molar-refractivity contribution in [3.63, 3.8) is 0 Å². The van der Waals surface area contributed by atoms with Gasteiger partial charge in [0.15, 0.2) is 0 Å². The first-order valence-electron chi connectivity index (χ1n) is 10.6. The van der Waals surface area contributed by atoms with Gasteiger partial charge in [-0.15, -0.1) is 0 Å². The molecule has 3 fully saturated rings. The molecule has 8 nitrogen and oxygen atoms in total. The molecular weight excluding hydrogens is 469 g/mol. The number of benzene rings is 2. The number of nitro benzene ring substituents is 1. The van der Waals surface area contributed by atoms with Crippen molar-refractivity contribution in [2.24, 2.45) is 23.7 Å². The maximum atomic E-state index is 13.6. The first-order valence-corrected chi connectivity index (χ1v) is 11.4. The number of amides is 3. The zero-order valence-corrected chi connectivity index (χ0v) is 18.8. The first-order chi connectivity index (χ1) is 15.8. The second kappa shape index (κ2) is 8.11. The van der Waals surface area contributed by atoms with E-state index in [4.69, 9.17) is 23.2 Å². The Balaban J connectivity index is 1.58. The Hall–Kier alpha value is -2.97. The molecule has 0 spiro atoms. The standard InChI is InChI=1S/C23H19Cl2N3O5/c24-15-8-7-14(18(10-15)28(32)33)11-26(21(29)16-3-1-2-4-17(16)25)27-22(30)19-12-5-6-13(9-12)20(19)23(27)31/h1-4,7-8,10,12-13,19-20H,5-6,9,11H2/t12-,13-,19-,20-/m0/s1. The van der Waals surface area contributed by atoms with Crippen LogP contribution in [0.2, 0.25) is 10.0 Å². The molecule has 0 radical (unpaired) electrons. The molecule has 1 aliphatic heterocycles. The summed E-state index contributed by atoms with van der Waals surface area (Å²) in [5, 5.41) is 13.8. The van der Waals surface area contributed by atoms with E-state index in [-0.39, 0.29) is 45.2 Å². The van der Waals surface area contributed by atoms with Gasteiger partial charge < -0.3 is 0 Å². The number of hydrogen-bond donors (Lipinski definition) is 0. The molecule has 2 aromatic rings. The minimum atomic E-state index is -0.682. The molecule has 33 heavy (non-hydrogen) atoms. The summed E-state index contributed by atoms with van der Waals surface area (Å²) in [5.74, 6) is -2.16. The lowest BCUT2D eigenvalue weighted by Crippen LogP contribution is -2.50. The zero-order valence-electron chi connectivity index (χ0n) is 17.3. The van der Waals surface area contributed by atoms with Gasteiger partial charge in [-0.25, -0.2) is 5.01 Å². The van der Waals surface area contributed by atoms with E-state index in [1.54, 1.807) is 12.1 Å². The Kier molecular flexibility index (Phi) is 5.37. The van der Waals surface area contributed by atoms with Crippen LogP contribution < -0.4 is 0 Å². The maximum Gasteiger partial charge on any atom is 0.275 e. The van der Waals surface area contributed by atoms with Crippen molar-refractivity contribution in [3.05, 3.63) is 73.8 Å². The molecule has 0 aromatic heterocycles. The van der Waals surface area contributed by atoms with Gasteiger partial charge in [-0.1, -0.05) is 35.3 Å². The fraction of sp³-hybridized carbons (Fsp3) is 0.348. The van der Waals surface area contributed by atoms with E-state index in [1.807, 2.05) is 0 Å². The number of nitrogens with zero attached hydrogens (tertiary/aromatic N) is 3. The van der Waals surface area contributed by atoms with Crippen LogP contribution in [0.3, 0.4) is 0 Å². The number of carbonyl (C=O) groups excluding carboxylic acids is 3. The third-order valence-electron chi connectivity index (χ3n) is 7.05. The zero-order chi connectivity index (χ0) is 23.4. The summed E-state index contributed by atoms with van der Waals surface area (Å²) < 4.78 is 0. The Labute approximate surface area is 199 Å². The molecule has 2 bridgehead atoms. The van der Waals surface area contributed by atoms with Gasteiger partial charge in [0.25, 0.3) is 23.4 Å². The quantitative estimate of drug-likeness (QED) is 0.351. The van der Waals surface area contributed by atoms with E-state index >= 15 is 0 Å². The second-order valence-electron chi connectivity index (χ2n) is 8.75. The highest BCUT2D eigenvalue weighted by Crippen LogP contribution is 2.56. The minimum absolute atomic E-state index is 0.0939. The molecule has 170 valence electrons. The fourth-order valence-corrected chi connectivity index (χ4v) is 6.02. The van der Waals surface area contributed by atoms with Crippen molar-refractivity contribution >= 4 is 46.6 Å². The van der Waals surface area contributed by atoms with Crippen LogP contribution in [0, 0.1) is 33.8 Å². The number of imide groups is 1. The Morgan fingerprint density at radius 1 is 1.06 bits per heavy atom. The molecule has 2 saturated carbocycles. The number of hydrazine groups is 1. The van der Waals surface area contributed by atoms with E-state index in [2.05, 4.69) is 0 Å². The third-order valence-corrected chi connectivity index (χ3v) is 7.61. The molecule has 2 aromatic carbocycles. The number of rotatable bonds is 5. The average Bonchev–Trinajstić information content (AvgIpc) is 3.47. The van der Waals surface area contributed by atoms with Gasteiger partial charge in [-0.05, 0) is 55.4 Å². The van der Waals surface area contributed by atoms with Gasteiger partial charge in [0.2, 0.25) is 0 Å². The Morgan fingerprint density at radius 2 is 1.70 bits per heavy atom. The second-order valence-corrected chi connectivity index (χ2v) is 9.59. The molecule has 3 aliphatic rings. The predicted octanol–water partition coefficient (Wildman–Crippen LogP) is 4.49. The lowest BCUT2D eigenvalue weighted by molar-refractivity contribution is -0.385. The van der Waals surface area contributed by atoms with E-state index in [9.17, 15) is 24.5 Å². The van der Waals surface area contributed by atoms with Gasteiger partial charge in [-0.2, -0.15) is 5.01 Å². The third kappa shape index (κ3) is 3.48. The number of nitro groups is 1. The molecule has 2 aliphatic carbocycles. The van der Waals surface area contributed by atoms with E-state index in [0.29, 0.717) is 0 Å². The van der Waals surface area contributed by atoms with Crippen molar-refractivity contribution in [2.45, 2.75) is 25.8 Å². The molecule has 1 heterocycles. The summed E-state index contributed by atoms with van der Waals surface area (Å²) in [6.07, 6.45) is 2.63. The Bertz CT molecular complexity index is 1170. The highest BCUT2D eigenvalue weighted by atomic mass is 35.5. The largest absolute Gasteiger partial charge is 0.275 e. The number of halogens is 2. The predicted molar refractivity (Wildman–Crippen MR) is 119 cm³/mol. The maximum absolute atomic E-state index is 13.6. The van der Waals surface area contributed by atoms with E-state index in [1.165, 1.54) is 30.3 Å². The van der Waals surface area contributed by atoms with Crippen molar-refractivity contribution in [3.8, 4) is 0 Å². The van der Waals surface area contributed by atoms with Crippen LogP contribution in [0.25, 0.3) is 0 Å². The van der Waals surface area contributed by atoms with Crippen molar-refractivity contribution < 1.29 is 19.3 Å². The van der Waals surface area contributed by atoms with Crippen LogP contribution in [0.5, 0.6) is 0 Å². The number of carbonyl (C=O) groups is 3. The fourth-order valence-electron chi connectivity index (χ4n) is 5.64. The van der Waals surface area contributed by atoms with Gasteiger partial charge >= 0.3 is 0 Å². The molecule has 10 heteroatoms. The SMILES string of the molecule is O=C(c1ccccc1Cl)N(Cc1ccc(Cl)cc1[N+](=O)[O-])N1C(=O)[C@H]2[C@H]3CC[C@@H](C3)[C@@H]2C1=O. The lowest BCUT2D eigenvalue weighted by atomic mass is 9.81.